The van der Waals surface area contributed by atoms with Crippen molar-refractivity contribution in [3.05, 3.63) is 95.6 Å². The number of hydrogen-bond donors (Lipinski definition) is 2. The predicted molar refractivity (Wildman–Crippen MR) is 111 cm³/mol. The number of anilines is 1. The average molecular weight is 371 g/mol. The summed E-state index contributed by atoms with van der Waals surface area (Å²) in [6, 6.07) is 25.0. The molecule has 1 amide bonds. The van der Waals surface area contributed by atoms with E-state index in [1.807, 2.05) is 66.7 Å². The van der Waals surface area contributed by atoms with E-state index in [0.29, 0.717) is 5.56 Å². The Kier molecular flexibility index (Phi) is 5.06. The third-order valence-corrected chi connectivity index (χ3v) is 4.76. The number of nitrogens with zero attached hydrogens (tertiary/aromatic N) is 1. The molecule has 0 saturated heterocycles. The highest BCUT2D eigenvalue weighted by Gasteiger charge is 2.23. The molecule has 3 aromatic rings. The van der Waals surface area contributed by atoms with Gasteiger partial charge >= 0.3 is 0 Å². The van der Waals surface area contributed by atoms with Crippen LogP contribution in [-0.2, 0) is 0 Å². The Balaban J connectivity index is 1.49. The fourth-order valence-corrected chi connectivity index (χ4v) is 3.33. The molecule has 0 bridgehead atoms. The van der Waals surface area contributed by atoms with Crippen molar-refractivity contribution in [1.29, 1.82) is 0 Å². The summed E-state index contributed by atoms with van der Waals surface area (Å²) >= 11 is 0. The van der Waals surface area contributed by atoms with Crippen LogP contribution in [0.1, 0.15) is 33.9 Å². The maximum atomic E-state index is 12.4. The van der Waals surface area contributed by atoms with E-state index < -0.39 is 0 Å². The zero-order valence-corrected chi connectivity index (χ0v) is 15.6. The Morgan fingerprint density at radius 1 is 1.04 bits per heavy atom. The maximum absolute atomic E-state index is 12.4. The van der Waals surface area contributed by atoms with Crippen LogP contribution >= 0.6 is 0 Å². The molecule has 140 valence electrons. The van der Waals surface area contributed by atoms with E-state index >= 15 is 0 Å². The van der Waals surface area contributed by atoms with E-state index in [1.165, 1.54) is 0 Å². The lowest BCUT2D eigenvalue weighted by Crippen LogP contribution is -2.12. The first-order chi connectivity index (χ1) is 13.7. The Labute approximate surface area is 164 Å². The highest BCUT2D eigenvalue weighted by atomic mass is 16.5. The summed E-state index contributed by atoms with van der Waals surface area (Å²) in [5, 5.41) is 7.46. The smallest absolute Gasteiger partial charge is 0.255 e. The average Bonchev–Trinajstić information content (AvgIpc) is 3.25. The van der Waals surface area contributed by atoms with Crippen LogP contribution in [0.3, 0.4) is 0 Å². The minimum absolute atomic E-state index is 0.0636. The zero-order valence-electron chi connectivity index (χ0n) is 15.6. The van der Waals surface area contributed by atoms with E-state index in [-0.39, 0.29) is 11.9 Å². The second kappa shape index (κ2) is 7.96. The first kappa shape index (κ1) is 17.8. The molecule has 0 saturated carbocycles. The topological polar surface area (TPSA) is 62.7 Å². The van der Waals surface area contributed by atoms with Crippen molar-refractivity contribution in [2.24, 2.45) is 5.10 Å². The molecule has 5 nitrogen and oxygen atoms in total. The van der Waals surface area contributed by atoms with Crippen molar-refractivity contribution in [2.75, 3.05) is 12.4 Å². The van der Waals surface area contributed by atoms with E-state index in [0.717, 1.165) is 34.7 Å². The number of hydrazone groups is 1. The number of amides is 1. The summed E-state index contributed by atoms with van der Waals surface area (Å²) in [5.74, 6) is 0.719. The third kappa shape index (κ3) is 3.74. The molecule has 0 aliphatic carbocycles. The molecule has 1 unspecified atom stereocenters. The molecule has 4 rings (SSSR count). The van der Waals surface area contributed by atoms with Crippen LogP contribution in [0.15, 0.2) is 84.0 Å². The quantitative estimate of drug-likeness (QED) is 0.699. The fraction of sp³-hybridized carbons (Fsp3) is 0.130. The number of hydrogen-bond acceptors (Lipinski definition) is 4. The predicted octanol–water partition coefficient (Wildman–Crippen LogP) is 4.39. The zero-order chi connectivity index (χ0) is 19.3. The molecule has 0 aromatic heterocycles. The van der Waals surface area contributed by atoms with E-state index in [1.54, 1.807) is 19.2 Å². The summed E-state index contributed by atoms with van der Waals surface area (Å²) in [6.07, 6.45) is 0.746. The van der Waals surface area contributed by atoms with Gasteiger partial charge in [0.2, 0.25) is 0 Å². The number of para-hydroxylation sites is 1. The number of methoxy groups -OCH3 is 1. The van der Waals surface area contributed by atoms with Gasteiger partial charge in [-0.15, -0.1) is 0 Å². The van der Waals surface area contributed by atoms with Gasteiger partial charge in [0.15, 0.2) is 0 Å². The lowest BCUT2D eigenvalue weighted by atomic mass is 9.98. The Hall–Kier alpha value is -3.60. The lowest BCUT2D eigenvalue weighted by molar-refractivity contribution is 0.102. The molecular formula is C23H21N3O2. The number of ether oxygens (including phenoxy) is 1. The Bertz CT molecular complexity index is 1020. The molecule has 3 aromatic carbocycles. The first-order valence-electron chi connectivity index (χ1n) is 9.16. The minimum Gasteiger partial charge on any atom is -0.496 e. The van der Waals surface area contributed by atoms with Crippen molar-refractivity contribution in [1.82, 2.24) is 5.43 Å². The minimum atomic E-state index is -0.129. The van der Waals surface area contributed by atoms with E-state index in [9.17, 15) is 4.79 Å². The maximum Gasteiger partial charge on any atom is 0.255 e. The van der Waals surface area contributed by atoms with Gasteiger partial charge in [-0.3, -0.25) is 4.79 Å². The molecule has 0 fully saturated rings. The molecule has 28 heavy (non-hydrogen) atoms. The largest absolute Gasteiger partial charge is 0.496 e. The summed E-state index contributed by atoms with van der Waals surface area (Å²) < 4.78 is 5.47. The van der Waals surface area contributed by atoms with Crippen LogP contribution in [0.25, 0.3) is 0 Å². The van der Waals surface area contributed by atoms with Crippen LogP contribution < -0.4 is 15.5 Å². The van der Waals surface area contributed by atoms with Crippen LogP contribution in [0.4, 0.5) is 5.69 Å². The monoisotopic (exact) mass is 371 g/mol. The molecule has 1 heterocycles. The third-order valence-electron chi connectivity index (χ3n) is 4.76. The molecule has 0 radical (unpaired) electrons. The number of benzene rings is 3. The van der Waals surface area contributed by atoms with Crippen molar-refractivity contribution < 1.29 is 9.53 Å². The highest BCUT2D eigenvalue weighted by Crippen LogP contribution is 2.31. The lowest BCUT2D eigenvalue weighted by Gasteiger charge is -2.14. The Morgan fingerprint density at radius 3 is 2.64 bits per heavy atom. The summed E-state index contributed by atoms with van der Waals surface area (Å²) in [6.45, 7) is 0. The van der Waals surface area contributed by atoms with Gasteiger partial charge in [-0.2, -0.15) is 5.10 Å². The number of rotatable bonds is 5. The van der Waals surface area contributed by atoms with Crippen LogP contribution in [0.2, 0.25) is 0 Å². The molecule has 1 atom stereocenters. The number of carbonyl (C=O) groups is 1. The van der Waals surface area contributed by atoms with Crippen molar-refractivity contribution >= 4 is 17.3 Å². The SMILES string of the molecule is COc1ccccc1C1CC(c2cccc(NC(=O)c3ccccc3)c2)=NN1. The second-order valence-corrected chi connectivity index (χ2v) is 6.59. The Morgan fingerprint density at radius 2 is 1.82 bits per heavy atom. The summed E-state index contributed by atoms with van der Waals surface area (Å²) in [5.41, 5.74) is 7.59. The normalized spacial score (nSPS) is 15.5. The summed E-state index contributed by atoms with van der Waals surface area (Å²) in [7, 11) is 1.68. The van der Waals surface area contributed by atoms with E-state index in [4.69, 9.17) is 4.74 Å². The standard InChI is InChI=1S/C23H21N3O2/c1-28-22-13-6-5-12-19(22)21-15-20(25-26-21)17-10-7-11-18(14-17)24-23(27)16-8-3-2-4-9-16/h2-14,21,26H,15H2,1H3,(H,24,27). The van der Waals surface area contributed by atoms with Gasteiger partial charge < -0.3 is 15.5 Å². The van der Waals surface area contributed by atoms with Gasteiger partial charge in [-0.05, 0) is 35.9 Å². The van der Waals surface area contributed by atoms with Crippen LogP contribution in [0, 0.1) is 0 Å². The summed E-state index contributed by atoms with van der Waals surface area (Å²) in [4.78, 5) is 12.4. The molecule has 2 N–H and O–H groups in total. The van der Waals surface area contributed by atoms with Gasteiger partial charge in [0.1, 0.15) is 5.75 Å². The number of nitrogens with one attached hydrogen (secondary N) is 2. The van der Waals surface area contributed by atoms with Gasteiger partial charge in [-0.25, -0.2) is 0 Å². The second-order valence-electron chi connectivity index (χ2n) is 6.59. The van der Waals surface area contributed by atoms with Crippen molar-refractivity contribution in [2.45, 2.75) is 12.5 Å². The van der Waals surface area contributed by atoms with Crippen LogP contribution in [-0.4, -0.2) is 18.7 Å². The molecule has 1 aliphatic rings. The number of carbonyl (C=O) groups excluding carboxylic acids is 1. The fourth-order valence-electron chi connectivity index (χ4n) is 3.33. The molecule has 1 aliphatic heterocycles. The van der Waals surface area contributed by atoms with Gasteiger partial charge in [0, 0.05) is 23.2 Å². The molecule has 5 heteroatoms. The van der Waals surface area contributed by atoms with Crippen LogP contribution in [0.5, 0.6) is 5.75 Å². The van der Waals surface area contributed by atoms with Gasteiger partial charge in [0.05, 0.1) is 18.9 Å². The van der Waals surface area contributed by atoms with Crippen molar-refractivity contribution in [3.63, 3.8) is 0 Å². The van der Waals surface area contributed by atoms with Gasteiger partial charge in [0.25, 0.3) is 5.91 Å². The first-order valence-corrected chi connectivity index (χ1v) is 9.16. The molecular weight excluding hydrogens is 350 g/mol. The highest BCUT2D eigenvalue weighted by molar-refractivity contribution is 6.06. The van der Waals surface area contributed by atoms with E-state index in [2.05, 4.69) is 15.8 Å². The van der Waals surface area contributed by atoms with Crippen molar-refractivity contribution in [3.8, 4) is 5.75 Å². The molecule has 0 spiro atoms. The van der Waals surface area contributed by atoms with Gasteiger partial charge in [-0.1, -0.05) is 48.5 Å².